The highest BCUT2D eigenvalue weighted by Gasteiger charge is 2.06. The van der Waals surface area contributed by atoms with E-state index in [-0.39, 0.29) is 0 Å². The topological polar surface area (TPSA) is 26.0 Å². The van der Waals surface area contributed by atoms with Crippen LogP contribution in [-0.4, -0.2) is 4.98 Å². The molecule has 0 bridgehead atoms. The molecule has 2 aromatic heterocycles. The average Bonchev–Trinajstić information content (AvgIpc) is 2.58. The Morgan fingerprint density at radius 1 is 1.50 bits per heavy atom. The van der Waals surface area contributed by atoms with Gasteiger partial charge in [-0.1, -0.05) is 11.6 Å². The van der Waals surface area contributed by atoms with Crippen molar-refractivity contribution < 1.29 is 4.42 Å². The molecular formula is C7H3BrClNOS. The lowest BCUT2D eigenvalue weighted by atomic mass is 10.5. The van der Waals surface area contributed by atoms with Crippen LogP contribution >= 0.6 is 38.9 Å². The number of nitrogens with zero attached hydrogens (tertiary/aromatic N) is 1. The van der Waals surface area contributed by atoms with E-state index >= 15 is 0 Å². The van der Waals surface area contributed by atoms with Crippen LogP contribution in [0, 0.1) is 0 Å². The van der Waals surface area contributed by atoms with Gasteiger partial charge in [0.05, 0.1) is 15.4 Å². The van der Waals surface area contributed by atoms with Crippen molar-refractivity contribution in [2.24, 2.45) is 0 Å². The molecular weight excluding hydrogens is 262 g/mol. The minimum atomic E-state index is 0.596. The highest BCUT2D eigenvalue weighted by atomic mass is 79.9. The van der Waals surface area contributed by atoms with E-state index in [1.807, 2.05) is 12.1 Å². The van der Waals surface area contributed by atoms with Gasteiger partial charge in [0.1, 0.15) is 0 Å². The Labute approximate surface area is 86.3 Å². The first-order chi connectivity index (χ1) is 5.75. The van der Waals surface area contributed by atoms with E-state index in [2.05, 4.69) is 20.9 Å². The molecule has 0 saturated heterocycles. The molecule has 2 aromatic rings. The third-order valence-electron chi connectivity index (χ3n) is 1.26. The van der Waals surface area contributed by atoms with Crippen molar-refractivity contribution in [3.8, 4) is 10.8 Å². The molecule has 0 saturated carbocycles. The Morgan fingerprint density at radius 2 is 2.33 bits per heavy atom. The summed E-state index contributed by atoms with van der Waals surface area (Å²) in [5.74, 6) is 0.596. The fourth-order valence-corrected chi connectivity index (χ4v) is 2.03. The molecule has 0 unspecified atom stereocenters. The fraction of sp³-hybridized carbons (Fsp3) is 0. The average molecular weight is 265 g/mol. The predicted octanol–water partition coefficient (Wildman–Crippen LogP) is 3.82. The molecule has 0 aromatic carbocycles. The molecule has 2 rings (SSSR count). The second-order valence-corrected chi connectivity index (χ2v) is 4.57. The predicted molar refractivity (Wildman–Crippen MR) is 52.5 cm³/mol. The molecule has 0 N–H and O–H groups in total. The van der Waals surface area contributed by atoms with Crippen molar-refractivity contribution in [2.75, 3.05) is 0 Å². The summed E-state index contributed by atoms with van der Waals surface area (Å²) in [5, 5.41) is 0. The van der Waals surface area contributed by atoms with E-state index in [1.165, 1.54) is 11.3 Å². The van der Waals surface area contributed by atoms with Gasteiger partial charge in [-0.25, -0.2) is 4.98 Å². The monoisotopic (exact) mass is 263 g/mol. The van der Waals surface area contributed by atoms with E-state index in [4.69, 9.17) is 16.0 Å². The van der Waals surface area contributed by atoms with E-state index in [0.717, 1.165) is 9.21 Å². The summed E-state index contributed by atoms with van der Waals surface area (Å²) in [5.41, 5.74) is 0. The van der Waals surface area contributed by atoms with Gasteiger partial charge >= 0.3 is 0 Å². The normalized spacial score (nSPS) is 10.5. The summed E-state index contributed by atoms with van der Waals surface area (Å²) < 4.78 is 6.60. The van der Waals surface area contributed by atoms with Gasteiger partial charge in [-0.05, 0) is 28.1 Å². The Kier molecular flexibility index (Phi) is 2.21. The van der Waals surface area contributed by atoms with E-state index < -0.39 is 0 Å². The van der Waals surface area contributed by atoms with Gasteiger partial charge in [0.2, 0.25) is 5.89 Å². The quantitative estimate of drug-likeness (QED) is 0.782. The number of rotatable bonds is 1. The third-order valence-corrected chi connectivity index (χ3v) is 2.85. The lowest BCUT2D eigenvalue weighted by Crippen LogP contribution is -1.65. The summed E-state index contributed by atoms with van der Waals surface area (Å²) in [6.07, 6.45) is 1.61. The first-order valence-corrected chi connectivity index (χ1v) is 5.11. The highest BCUT2D eigenvalue weighted by molar-refractivity contribution is 9.10. The molecule has 12 heavy (non-hydrogen) atoms. The van der Waals surface area contributed by atoms with Crippen molar-refractivity contribution in [2.45, 2.75) is 0 Å². The molecule has 5 heteroatoms. The van der Waals surface area contributed by atoms with Gasteiger partial charge in [0, 0.05) is 0 Å². The van der Waals surface area contributed by atoms with E-state index in [9.17, 15) is 0 Å². The van der Waals surface area contributed by atoms with Crippen molar-refractivity contribution in [3.63, 3.8) is 0 Å². The maximum atomic E-state index is 5.75. The van der Waals surface area contributed by atoms with Crippen molar-refractivity contribution in [1.82, 2.24) is 4.98 Å². The van der Waals surface area contributed by atoms with Crippen molar-refractivity contribution >= 4 is 38.9 Å². The van der Waals surface area contributed by atoms with Crippen molar-refractivity contribution in [1.29, 1.82) is 0 Å². The summed E-state index contributed by atoms with van der Waals surface area (Å²) in [7, 11) is 0. The van der Waals surface area contributed by atoms with E-state index in [1.54, 1.807) is 6.20 Å². The maximum absolute atomic E-state index is 5.75. The second kappa shape index (κ2) is 3.20. The Hall–Kier alpha value is -0.320. The highest BCUT2D eigenvalue weighted by Crippen LogP contribution is 2.31. The van der Waals surface area contributed by atoms with Crippen LogP contribution in [0.2, 0.25) is 4.34 Å². The molecule has 2 heterocycles. The van der Waals surface area contributed by atoms with Crippen LogP contribution < -0.4 is 0 Å². The molecule has 62 valence electrons. The minimum Gasteiger partial charge on any atom is -0.429 e. The van der Waals surface area contributed by atoms with Gasteiger partial charge in [-0.15, -0.1) is 11.3 Å². The number of oxazole rings is 1. The largest absolute Gasteiger partial charge is 0.429 e. The molecule has 0 spiro atoms. The number of hydrogen-bond donors (Lipinski definition) is 0. The number of hydrogen-bond acceptors (Lipinski definition) is 3. The summed E-state index contributed by atoms with van der Waals surface area (Å²) in [4.78, 5) is 4.97. The first kappa shape index (κ1) is 8.29. The zero-order valence-electron chi connectivity index (χ0n) is 5.75. The molecule has 0 aliphatic carbocycles. The van der Waals surface area contributed by atoms with Crippen molar-refractivity contribution in [3.05, 3.63) is 27.3 Å². The Balaban J connectivity index is 2.43. The summed E-state index contributed by atoms with van der Waals surface area (Å²) in [6, 6.07) is 3.70. The number of aromatic nitrogens is 1. The smallest absolute Gasteiger partial charge is 0.237 e. The van der Waals surface area contributed by atoms with Crippen LogP contribution in [-0.2, 0) is 0 Å². The Bertz CT molecular complexity index is 359. The van der Waals surface area contributed by atoms with Gasteiger partial charge < -0.3 is 4.42 Å². The van der Waals surface area contributed by atoms with Crippen LogP contribution in [0.5, 0.6) is 0 Å². The number of halogens is 2. The third kappa shape index (κ3) is 1.55. The molecule has 0 atom stereocenters. The lowest BCUT2D eigenvalue weighted by molar-refractivity contribution is 0.551. The van der Waals surface area contributed by atoms with Gasteiger partial charge in [0.15, 0.2) is 4.67 Å². The molecule has 0 radical (unpaired) electrons. The number of thiophene rings is 1. The van der Waals surface area contributed by atoms with Crippen LogP contribution in [0.15, 0.2) is 27.4 Å². The molecule has 0 aliphatic heterocycles. The zero-order valence-corrected chi connectivity index (χ0v) is 8.91. The fourth-order valence-electron chi connectivity index (χ4n) is 0.798. The lowest BCUT2D eigenvalue weighted by Gasteiger charge is -1.84. The molecule has 0 amide bonds. The maximum Gasteiger partial charge on any atom is 0.237 e. The zero-order chi connectivity index (χ0) is 8.55. The molecule has 0 fully saturated rings. The minimum absolute atomic E-state index is 0.596. The van der Waals surface area contributed by atoms with Gasteiger partial charge in [0.25, 0.3) is 0 Å². The SMILES string of the molecule is Clc1ccc(-c2ncc(Br)o2)s1. The van der Waals surface area contributed by atoms with Crippen LogP contribution in [0.4, 0.5) is 0 Å². The van der Waals surface area contributed by atoms with Crippen LogP contribution in [0.3, 0.4) is 0 Å². The summed E-state index contributed by atoms with van der Waals surface area (Å²) >= 11 is 10.4. The van der Waals surface area contributed by atoms with Gasteiger partial charge in [-0.3, -0.25) is 0 Å². The standard InChI is InChI=1S/C7H3BrClNOS/c8-5-3-10-7(11-5)4-1-2-6(9)12-4/h1-3H. The van der Waals surface area contributed by atoms with E-state index in [0.29, 0.717) is 10.6 Å². The van der Waals surface area contributed by atoms with Crippen LogP contribution in [0.1, 0.15) is 0 Å². The van der Waals surface area contributed by atoms with Crippen LogP contribution in [0.25, 0.3) is 10.8 Å². The first-order valence-electron chi connectivity index (χ1n) is 3.13. The second-order valence-electron chi connectivity index (χ2n) is 2.07. The molecule has 2 nitrogen and oxygen atoms in total. The summed E-state index contributed by atoms with van der Waals surface area (Å²) in [6.45, 7) is 0. The Morgan fingerprint density at radius 3 is 2.83 bits per heavy atom. The van der Waals surface area contributed by atoms with Gasteiger partial charge in [-0.2, -0.15) is 0 Å². The molecule has 0 aliphatic rings.